The zero-order valence-corrected chi connectivity index (χ0v) is 13.6. The number of hydrogen-bond acceptors (Lipinski definition) is 4. The van der Waals surface area contributed by atoms with Crippen LogP contribution in [0.5, 0.6) is 5.75 Å². The van der Waals surface area contributed by atoms with Gasteiger partial charge in [0.2, 0.25) is 0 Å². The molecule has 0 saturated carbocycles. The fraction of sp³-hybridized carbons (Fsp3) is 0.385. The van der Waals surface area contributed by atoms with Gasteiger partial charge in [-0.3, -0.25) is 0 Å². The summed E-state index contributed by atoms with van der Waals surface area (Å²) in [6.07, 6.45) is 0. The molecule has 0 radical (unpaired) electrons. The van der Waals surface area contributed by atoms with Crippen LogP contribution in [-0.2, 0) is 6.54 Å². The number of aromatic nitrogens is 3. The molecule has 7 heteroatoms. The molecule has 2 N–H and O–H groups in total. The van der Waals surface area contributed by atoms with Gasteiger partial charge in [0, 0.05) is 5.02 Å². The summed E-state index contributed by atoms with van der Waals surface area (Å²) >= 11 is 9.29. The van der Waals surface area contributed by atoms with Gasteiger partial charge in [-0.1, -0.05) is 30.7 Å². The van der Waals surface area contributed by atoms with E-state index in [1.807, 2.05) is 6.07 Å². The normalized spacial score (nSPS) is 11.1. The maximum Gasteiger partial charge on any atom is 0.169 e. The first kappa shape index (κ1) is 15.1. The zero-order valence-electron chi connectivity index (χ0n) is 11.3. The predicted octanol–water partition coefficient (Wildman–Crippen LogP) is 3.48. The quantitative estimate of drug-likeness (QED) is 0.887. The second-order valence-corrected chi connectivity index (χ2v) is 5.95. The van der Waals surface area contributed by atoms with Crippen LogP contribution < -0.4 is 10.5 Å². The minimum atomic E-state index is 0.271. The highest BCUT2D eigenvalue weighted by Crippen LogP contribution is 2.28. The van der Waals surface area contributed by atoms with Crippen LogP contribution in [0.3, 0.4) is 0 Å². The van der Waals surface area contributed by atoms with Crippen molar-refractivity contribution in [3.63, 3.8) is 0 Å². The Morgan fingerprint density at radius 3 is 2.85 bits per heavy atom. The fourth-order valence-corrected chi connectivity index (χ4v) is 2.72. The van der Waals surface area contributed by atoms with Crippen molar-refractivity contribution in [2.24, 2.45) is 0 Å². The molecular weight excluding hydrogens is 344 g/mol. The minimum Gasteiger partial charge on any atom is -0.490 e. The monoisotopic (exact) mass is 358 g/mol. The van der Waals surface area contributed by atoms with E-state index in [9.17, 15) is 0 Å². The Balaban J connectivity index is 2.00. The molecule has 1 aromatic carbocycles. The van der Waals surface area contributed by atoms with Crippen LogP contribution in [0.1, 0.15) is 25.5 Å². The van der Waals surface area contributed by atoms with Crippen molar-refractivity contribution in [3.05, 3.63) is 33.4 Å². The molecular formula is C13H16BrClN4O. The number of hydrogen-bond donors (Lipinski definition) is 1. The number of ether oxygens (including phenoxy) is 1. The summed E-state index contributed by atoms with van der Waals surface area (Å²) in [7, 11) is 0. The van der Waals surface area contributed by atoms with Gasteiger partial charge in [0.15, 0.2) is 5.82 Å². The van der Waals surface area contributed by atoms with Gasteiger partial charge >= 0.3 is 0 Å². The van der Waals surface area contributed by atoms with Crippen LogP contribution in [-0.4, -0.2) is 21.6 Å². The smallest absolute Gasteiger partial charge is 0.169 e. The standard InChI is InChI=1S/C13H16BrClN4O/c1-8(2)12-13(16)17-18-19(12)5-6-20-11-4-3-9(15)7-10(11)14/h3-4,7-8H,5-6,16H2,1-2H3. The van der Waals surface area contributed by atoms with Crippen molar-refractivity contribution < 1.29 is 4.74 Å². The van der Waals surface area contributed by atoms with E-state index in [1.165, 1.54) is 0 Å². The van der Waals surface area contributed by atoms with Gasteiger partial charge in [0.05, 0.1) is 16.7 Å². The van der Waals surface area contributed by atoms with Crippen LogP contribution in [0.15, 0.2) is 22.7 Å². The SMILES string of the molecule is CC(C)c1c(N)nnn1CCOc1ccc(Cl)cc1Br. The molecule has 0 amide bonds. The summed E-state index contributed by atoms with van der Waals surface area (Å²) in [5.41, 5.74) is 6.74. The molecule has 0 unspecified atom stereocenters. The van der Waals surface area contributed by atoms with Gasteiger partial charge in [-0.2, -0.15) is 0 Å². The predicted molar refractivity (Wildman–Crippen MR) is 83.2 cm³/mol. The van der Waals surface area contributed by atoms with Crippen LogP contribution in [0.2, 0.25) is 5.02 Å². The summed E-state index contributed by atoms with van der Waals surface area (Å²) in [4.78, 5) is 0. The van der Waals surface area contributed by atoms with E-state index in [2.05, 4.69) is 40.1 Å². The molecule has 2 aromatic rings. The van der Waals surface area contributed by atoms with Crippen LogP contribution in [0, 0.1) is 0 Å². The third-order valence-corrected chi connectivity index (χ3v) is 3.66. The van der Waals surface area contributed by atoms with E-state index in [1.54, 1.807) is 16.8 Å². The average molecular weight is 360 g/mol. The third-order valence-electron chi connectivity index (χ3n) is 2.80. The van der Waals surface area contributed by atoms with Crippen LogP contribution in [0.25, 0.3) is 0 Å². The van der Waals surface area contributed by atoms with E-state index in [0.29, 0.717) is 24.0 Å². The minimum absolute atomic E-state index is 0.271. The highest BCUT2D eigenvalue weighted by molar-refractivity contribution is 9.10. The maximum atomic E-state index is 5.88. The van der Waals surface area contributed by atoms with E-state index in [-0.39, 0.29) is 5.92 Å². The second-order valence-electron chi connectivity index (χ2n) is 4.66. The van der Waals surface area contributed by atoms with E-state index in [0.717, 1.165) is 15.9 Å². The summed E-state index contributed by atoms with van der Waals surface area (Å²) in [6, 6.07) is 5.41. The van der Waals surface area contributed by atoms with Crippen molar-refractivity contribution >= 4 is 33.3 Å². The van der Waals surface area contributed by atoms with Gasteiger partial charge < -0.3 is 10.5 Å². The van der Waals surface area contributed by atoms with Crippen molar-refractivity contribution in [2.45, 2.75) is 26.3 Å². The lowest BCUT2D eigenvalue weighted by Crippen LogP contribution is -2.13. The lowest BCUT2D eigenvalue weighted by Gasteiger charge is -2.11. The molecule has 0 fully saturated rings. The van der Waals surface area contributed by atoms with Crippen molar-refractivity contribution in [1.82, 2.24) is 15.0 Å². The third kappa shape index (κ3) is 3.43. The number of halogens is 2. The first-order valence-electron chi connectivity index (χ1n) is 6.25. The van der Waals surface area contributed by atoms with E-state index >= 15 is 0 Å². The highest BCUT2D eigenvalue weighted by atomic mass is 79.9. The van der Waals surface area contributed by atoms with Crippen LogP contribution >= 0.6 is 27.5 Å². The molecule has 0 atom stereocenters. The first-order chi connectivity index (χ1) is 9.49. The van der Waals surface area contributed by atoms with Crippen molar-refractivity contribution in [1.29, 1.82) is 0 Å². The fourth-order valence-electron chi connectivity index (χ4n) is 1.93. The first-order valence-corrected chi connectivity index (χ1v) is 7.43. The summed E-state index contributed by atoms with van der Waals surface area (Å²) in [6.45, 7) is 5.18. The summed E-state index contributed by atoms with van der Waals surface area (Å²) < 4.78 is 8.31. The average Bonchev–Trinajstić information content (AvgIpc) is 2.73. The Morgan fingerprint density at radius 1 is 1.45 bits per heavy atom. The number of rotatable bonds is 5. The Kier molecular flexibility index (Phi) is 4.88. The van der Waals surface area contributed by atoms with Crippen molar-refractivity contribution in [3.8, 4) is 5.75 Å². The Labute approximate surface area is 131 Å². The number of nitrogens with two attached hydrogens (primary N) is 1. The molecule has 2 rings (SSSR count). The lowest BCUT2D eigenvalue weighted by molar-refractivity contribution is 0.285. The Morgan fingerprint density at radius 2 is 2.20 bits per heavy atom. The number of nitrogen functional groups attached to an aromatic ring is 1. The zero-order chi connectivity index (χ0) is 14.7. The topological polar surface area (TPSA) is 66.0 Å². The molecule has 5 nitrogen and oxygen atoms in total. The Hall–Kier alpha value is -1.27. The molecule has 108 valence electrons. The largest absolute Gasteiger partial charge is 0.490 e. The molecule has 0 saturated heterocycles. The van der Waals surface area contributed by atoms with Gasteiger partial charge in [-0.15, -0.1) is 5.10 Å². The second kappa shape index (κ2) is 6.45. The molecule has 0 aliphatic heterocycles. The molecule has 1 heterocycles. The number of nitrogens with zero attached hydrogens (tertiary/aromatic N) is 3. The number of benzene rings is 1. The Bertz CT molecular complexity index is 600. The van der Waals surface area contributed by atoms with Gasteiger partial charge in [0.25, 0.3) is 0 Å². The van der Waals surface area contributed by atoms with Crippen molar-refractivity contribution in [2.75, 3.05) is 12.3 Å². The molecule has 0 spiro atoms. The summed E-state index contributed by atoms with van der Waals surface area (Å²) in [5.74, 6) is 1.49. The molecule has 0 aliphatic rings. The molecule has 0 bridgehead atoms. The molecule has 20 heavy (non-hydrogen) atoms. The van der Waals surface area contributed by atoms with Gasteiger partial charge in [0.1, 0.15) is 12.4 Å². The highest BCUT2D eigenvalue weighted by Gasteiger charge is 2.13. The lowest BCUT2D eigenvalue weighted by atomic mass is 10.1. The molecule has 0 aliphatic carbocycles. The maximum absolute atomic E-state index is 5.88. The molecule has 1 aromatic heterocycles. The van der Waals surface area contributed by atoms with Gasteiger partial charge in [-0.05, 0) is 40.0 Å². The van der Waals surface area contributed by atoms with Gasteiger partial charge in [-0.25, -0.2) is 4.68 Å². The summed E-state index contributed by atoms with van der Waals surface area (Å²) in [5, 5.41) is 8.60. The van der Waals surface area contributed by atoms with Crippen LogP contribution in [0.4, 0.5) is 5.82 Å². The number of anilines is 1. The van der Waals surface area contributed by atoms with E-state index < -0.39 is 0 Å². The van der Waals surface area contributed by atoms with E-state index in [4.69, 9.17) is 22.1 Å².